The largest absolute Gasteiger partial charge is 0.489 e. The van der Waals surface area contributed by atoms with Crippen molar-refractivity contribution in [3.8, 4) is 5.75 Å². The molecule has 0 saturated heterocycles. The monoisotopic (exact) mass is 245 g/mol. The summed E-state index contributed by atoms with van der Waals surface area (Å²) in [6.07, 6.45) is 0.757. The van der Waals surface area contributed by atoms with E-state index in [9.17, 15) is 4.39 Å². The molecule has 0 aliphatic heterocycles. The maximum atomic E-state index is 13.4. The Bertz CT molecular complexity index is 513. The molecule has 0 aromatic heterocycles. The van der Waals surface area contributed by atoms with Crippen molar-refractivity contribution in [2.45, 2.75) is 13.0 Å². The van der Waals surface area contributed by atoms with Crippen LogP contribution in [0.5, 0.6) is 5.75 Å². The van der Waals surface area contributed by atoms with Gasteiger partial charge in [-0.15, -0.1) is 0 Å². The number of rotatable bonds is 5. The van der Waals surface area contributed by atoms with Crippen molar-refractivity contribution in [2.24, 2.45) is 5.73 Å². The number of hydrogen-bond donors (Lipinski definition) is 1. The van der Waals surface area contributed by atoms with Crippen LogP contribution in [-0.4, -0.2) is 6.54 Å². The Balaban J connectivity index is 2.08. The Hall–Kier alpha value is -1.87. The van der Waals surface area contributed by atoms with Gasteiger partial charge in [0.25, 0.3) is 0 Å². The van der Waals surface area contributed by atoms with E-state index >= 15 is 0 Å². The number of halogens is 1. The summed E-state index contributed by atoms with van der Waals surface area (Å²) < 4.78 is 19.1. The van der Waals surface area contributed by atoms with Gasteiger partial charge in [-0.25, -0.2) is 4.39 Å². The van der Waals surface area contributed by atoms with Crippen LogP contribution in [0.2, 0.25) is 0 Å². The molecule has 2 nitrogen and oxygen atoms in total. The highest BCUT2D eigenvalue weighted by Crippen LogP contribution is 2.20. The van der Waals surface area contributed by atoms with E-state index in [2.05, 4.69) is 0 Å². The van der Waals surface area contributed by atoms with E-state index in [1.807, 2.05) is 24.3 Å². The lowest BCUT2D eigenvalue weighted by atomic mass is 10.1. The molecule has 0 aliphatic rings. The van der Waals surface area contributed by atoms with E-state index in [4.69, 9.17) is 10.5 Å². The van der Waals surface area contributed by atoms with Crippen molar-refractivity contribution >= 4 is 0 Å². The summed E-state index contributed by atoms with van der Waals surface area (Å²) in [4.78, 5) is 0. The van der Waals surface area contributed by atoms with Crippen molar-refractivity contribution in [1.82, 2.24) is 0 Å². The maximum absolute atomic E-state index is 13.4. The van der Waals surface area contributed by atoms with Crippen LogP contribution in [-0.2, 0) is 13.0 Å². The molecule has 2 aromatic rings. The normalized spacial score (nSPS) is 10.3. The molecule has 0 fully saturated rings. The first kappa shape index (κ1) is 12.6. The average Bonchev–Trinajstić information content (AvgIpc) is 2.40. The quantitative estimate of drug-likeness (QED) is 0.879. The minimum atomic E-state index is -0.242. The molecule has 3 heteroatoms. The zero-order valence-electron chi connectivity index (χ0n) is 10.1. The van der Waals surface area contributed by atoms with E-state index in [-0.39, 0.29) is 12.4 Å². The fourth-order valence-corrected chi connectivity index (χ4v) is 1.78. The summed E-state index contributed by atoms with van der Waals surface area (Å²) in [7, 11) is 0. The summed E-state index contributed by atoms with van der Waals surface area (Å²) in [5, 5.41) is 0. The summed E-state index contributed by atoms with van der Waals surface area (Å²) in [6, 6.07) is 14.3. The van der Waals surface area contributed by atoms with Gasteiger partial charge in [-0.3, -0.25) is 0 Å². The van der Waals surface area contributed by atoms with Crippen LogP contribution in [0.25, 0.3) is 0 Å². The van der Waals surface area contributed by atoms with Gasteiger partial charge in [0.05, 0.1) is 0 Å². The zero-order chi connectivity index (χ0) is 12.8. The van der Waals surface area contributed by atoms with Crippen LogP contribution in [0.3, 0.4) is 0 Å². The molecule has 2 N–H and O–H groups in total. The smallest absolute Gasteiger partial charge is 0.129 e. The number of hydrogen-bond acceptors (Lipinski definition) is 2. The minimum absolute atomic E-state index is 0.230. The van der Waals surface area contributed by atoms with Crippen LogP contribution >= 0.6 is 0 Å². The molecular formula is C15H16FNO. The molecule has 0 atom stereocenters. The van der Waals surface area contributed by atoms with Crippen LogP contribution < -0.4 is 10.5 Å². The SMILES string of the molecule is NCCc1ccccc1OCc1ccccc1F. The van der Waals surface area contributed by atoms with Gasteiger partial charge >= 0.3 is 0 Å². The maximum Gasteiger partial charge on any atom is 0.129 e. The van der Waals surface area contributed by atoms with Crippen molar-refractivity contribution in [3.63, 3.8) is 0 Å². The predicted molar refractivity (Wildman–Crippen MR) is 69.9 cm³/mol. The van der Waals surface area contributed by atoms with Gasteiger partial charge in [-0.1, -0.05) is 36.4 Å². The first-order chi connectivity index (χ1) is 8.81. The summed E-state index contributed by atoms with van der Waals surface area (Å²) in [5.41, 5.74) is 7.15. The minimum Gasteiger partial charge on any atom is -0.489 e. The van der Waals surface area contributed by atoms with Crippen molar-refractivity contribution in [2.75, 3.05) is 6.54 Å². The molecule has 0 heterocycles. The van der Waals surface area contributed by atoms with Crippen molar-refractivity contribution in [1.29, 1.82) is 0 Å². The molecule has 0 unspecified atom stereocenters. The van der Waals surface area contributed by atoms with Gasteiger partial charge in [0.2, 0.25) is 0 Å². The molecule has 0 aliphatic carbocycles. The summed E-state index contributed by atoms with van der Waals surface area (Å²) >= 11 is 0. The Morgan fingerprint density at radius 1 is 0.944 bits per heavy atom. The van der Waals surface area contributed by atoms with E-state index < -0.39 is 0 Å². The molecule has 0 amide bonds. The van der Waals surface area contributed by atoms with Crippen LogP contribution in [0.15, 0.2) is 48.5 Å². The lowest BCUT2D eigenvalue weighted by Gasteiger charge is -2.11. The van der Waals surface area contributed by atoms with Gasteiger partial charge in [0.15, 0.2) is 0 Å². The second kappa shape index (κ2) is 6.17. The van der Waals surface area contributed by atoms with Crippen LogP contribution in [0, 0.1) is 5.82 Å². The standard InChI is InChI=1S/C15H16FNO/c16-14-7-3-1-6-13(14)11-18-15-8-4-2-5-12(15)9-10-17/h1-8H,9-11,17H2. The second-order valence-electron chi connectivity index (χ2n) is 4.03. The fraction of sp³-hybridized carbons (Fsp3) is 0.200. The average molecular weight is 245 g/mol. The predicted octanol–water partition coefficient (Wildman–Crippen LogP) is 2.91. The molecule has 0 bridgehead atoms. The van der Waals surface area contributed by atoms with E-state index in [0.717, 1.165) is 17.7 Å². The second-order valence-corrected chi connectivity index (χ2v) is 4.03. The molecule has 94 valence electrons. The molecule has 0 spiro atoms. The van der Waals surface area contributed by atoms with Crippen LogP contribution in [0.1, 0.15) is 11.1 Å². The van der Waals surface area contributed by atoms with Gasteiger partial charge in [-0.2, -0.15) is 0 Å². The summed E-state index contributed by atoms with van der Waals surface area (Å²) in [5.74, 6) is 0.528. The third-order valence-electron chi connectivity index (χ3n) is 2.73. The fourth-order valence-electron chi connectivity index (χ4n) is 1.78. The highest BCUT2D eigenvalue weighted by Gasteiger charge is 2.05. The van der Waals surface area contributed by atoms with Gasteiger partial charge < -0.3 is 10.5 Å². The zero-order valence-corrected chi connectivity index (χ0v) is 10.1. The molecule has 0 saturated carbocycles. The Morgan fingerprint density at radius 3 is 2.33 bits per heavy atom. The van der Waals surface area contributed by atoms with Crippen molar-refractivity contribution in [3.05, 3.63) is 65.5 Å². The topological polar surface area (TPSA) is 35.2 Å². The highest BCUT2D eigenvalue weighted by atomic mass is 19.1. The third kappa shape index (κ3) is 3.08. The van der Waals surface area contributed by atoms with Gasteiger partial charge in [0, 0.05) is 5.56 Å². The molecule has 0 radical (unpaired) electrons. The Kier molecular flexibility index (Phi) is 4.31. The summed E-state index contributed by atoms with van der Waals surface area (Å²) in [6.45, 7) is 0.800. The number of para-hydroxylation sites is 1. The number of nitrogens with two attached hydrogens (primary N) is 1. The Labute approximate surface area is 106 Å². The lowest BCUT2D eigenvalue weighted by molar-refractivity contribution is 0.297. The molecule has 18 heavy (non-hydrogen) atoms. The van der Waals surface area contributed by atoms with Crippen LogP contribution in [0.4, 0.5) is 4.39 Å². The van der Waals surface area contributed by atoms with Gasteiger partial charge in [0.1, 0.15) is 18.2 Å². The highest BCUT2D eigenvalue weighted by molar-refractivity contribution is 5.33. The van der Waals surface area contributed by atoms with Gasteiger partial charge in [-0.05, 0) is 30.7 Å². The molecule has 2 rings (SSSR count). The Morgan fingerprint density at radius 2 is 1.61 bits per heavy atom. The molecule has 2 aromatic carbocycles. The lowest BCUT2D eigenvalue weighted by Crippen LogP contribution is -2.05. The first-order valence-corrected chi connectivity index (χ1v) is 5.95. The first-order valence-electron chi connectivity index (χ1n) is 5.95. The number of ether oxygens (including phenoxy) is 1. The molecular weight excluding hydrogens is 229 g/mol. The number of benzene rings is 2. The third-order valence-corrected chi connectivity index (χ3v) is 2.73. The van der Waals surface area contributed by atoms with E-state index in [1.165, 1.54) is 6.07 Å². The van der Waals surface area contributed by atoms with Crippen molar-refractivity contribution < 1.29 is 9.13 Å². The van der Waals surface area contributed by atoms with E-state index in [1.54, 1.807) is 18.2 Å². The van der Waals surface area contributed by atoms with E-state index in [0.29, 0.717) is 12.1 Å².